The molecule has 4 rings (SSSR count). The molecule has 7 heteroatoms. The second-order valence-electron chi connectivity index (χ2n) is 7.92. The van der Waals surface area contributed by atoms with Crippen LogP contribution in [0.5, 0.6) is 0 Å². The van der Waals surface area contributed by atoms with E-state index in [0.29, 0.717) is 18.8 Å². The van der Waals surface area contributed by atoms with E-state index in [4.69, 9.17) is 0 Å². The highest BCUT2D eigenvalue weighted by Gasteiger charge is 2.15. The molecule has 2 aromatic carbocycles. The van der Waals surface area contributed by atoms with Crippen molar-refractivity contribution in [2.24, 2.45) is 0 Å². The zero-order chi connectivity index (χ0) is 21.5. The fraction of sp³-hybridized carbons (Fsp3) is 0.375. The molecule has 0 aliphatic carbocycles. The fourth-order valence-corrected chi connectivity index (χ4v) is 4.67. The molecular weight excluding hydrogens is 406 g/mol. The van der Waals surface area contributed by atoms with Crippen molar-refractivity contribution < 1.29 is 4.79 Å². The molecule has 1 N–H and O–H groups in total. The van der Waals surface area contributed by atoms with Crippen LogP contribution in [0.3, 0.4) is 0 Å². The van der Waals surface area contributed by atoms with Crippen LogP contribution in [0.2, 0.25) is 0 Å². The van der Waals surface area contributed by atoms with E-state index in [9.17, 15) is 4.79 Å². The quantitative estimate of drug-likeness (QED) is 0.520. The summed E-state index contributed by atoms with van der Waals surface area (Å²) in [6.45, 7) is 6.49. The lowest BCUT2D eigenvalue weighted by Gasteiger charge is -2.17. The van der Waals surface area contributed by atoms with Gasteiger partial charge in [0.15, 0.2) is 5.16 Å². The molecule has 0 unspecified atom stereocenters. The van der Waals surface area contributed by atoms with Crippen molar-refractivity contribution in [3.8, 4) is 0 Å². The van der Waals surface area contributed by atoms with E-state index in [1.54, 1.807) is 0 Å². The molecule has 6 nitrogen and oxygen atoms in total. The Morgan fingerprint density at radius 2 is 1.68 bits per heavy atom. The van der Waals surface area contributed by atoms with Gasteiger partial charge in [-0.05, 0) is 49.5 Å². The summed E-state index contributed by atoms with van der Waals surface area (Å²) in [6, 6.07) is 18.6. The van der Waals surface area contributed by atoms with Gasteiger partial charge in [-0.1, -0.05) is 66.4 Å². The van der Waals surface area contributed by atoms with Gasteiger partial charge in [0.05, 0.1) is 12.3 Å². The van der Waals surface area contributed by atoms with Gasteiger partial charge in [0.25, 0.3) is 0 Å². The first-order valence-electron chi connectivity index (χ1n) is 10.8. The molecule has 162 valence electrons. The molecule has 1 saturated heterocycles. The topological polar surface area (TPSA) is 63.1 Å². The first-order valence-corrected chi connectivity index (χ1v) is 11.8. The van der Waals surface area contributed by atoms with Gasteiger partial charge in [-0.15, -0.1) is 10.2 Å². The summed E-state index contributed by atoms with van der Waals surface area (Å²) in [6.07, 6.45) is 2.56. The lowest BCUT2D eigenvalue weighted by molar-refractivity contribution is -0.118. The van der Waals surface area contributed by atoms with Gasteiger partial charge in [-0.2, -0.15) is 0 Å². The standard InChI is InChI=1S/C24H29N5OS/c1-19-26-27-24(29(19)16-20-9-3-2-4-10-20)31-18-23(30)25-15-21-11-5-6-12-22(21)17-28-13-7-8-14-28/h2-6,9-12H,7-8,13-18H2,1H3,(H,25,30). The summed E-state index contributed by atoms with van der Waals surface area (Å²) in [5.41, 5.74) is 3.68. The third-order valence-electron chi connectivity index (χ3n) is 5.60. The largest absolute Gasteiger partial charge is 0.351 e. The Bertz CT molecular complexity index is 998. The lowest BCUT2D eigenvalue weighted by atomic mass is 10.1. The molecule has 1 aliphatic rings. The zero-order valence-electron chi connectivity index (χ0n) is 18.0. The Morgan fingerprint density at radius 1 is 0.968 bits per heavy atom. The SMILES string of the molecule is Cc1nnc(SCC(=O)NCc2ccccc2CN2CCCC2)n1Cc1ccccc1. The minimum Gasteiger partial charge on any atom is -0.351 e. The van der Waals surface area contributed by atoms with E-state index in [0.717, 1.165) is 17.5 Å². The number of aryl methyl sites for hydroxylation is 1. The Hall–Kier alpha value is -2.64. The summed E-state index contributed by atoms with van der Waals surface area (Å²) < 4.78 is 2.05. The highest BCUT2D eigenvalue weighted by atomic mass is 32.2. The van der Waals surface area contributed by atoms with E-state index >= 15 is 0 Å². The van der Waals surface area contributed by atoms with Crippen LogP contribution in [0.1, 0.15) is 35.4 Å². The summed E-state index contributed by atoms with van der Waals surface area (Å²) in [4.78, 5) is 15.0. The van der Waals surface area contributed by atoms with Crippen LogP contribution in [-0.2, 0) is 24.4 Å². The number of likely N-dealkylation sites (tertiary alicyclic amines) is 1. The maximum atomic E-state index is 12.5. The highest BCUT2D eigenvalue weighted by Crippen LogP contribution is 2.19. The van der Waals surface area contributed by atoms with E-state index in [2.05, 4.69) is 55.3 Å². The smallest absolute Gasteiger partial charge is 0.230 e. The molecule has 1 aromatic heterocycles. The predicted molar refractivity (Wildman–Crippen MR) is 124 cm³/mol. The zero-order valence-corrected chi connectivity index (χ0v) is 18.8. The second-order valence-corrected chi connectivity index (χ2v) is 8.86. The third-order valence-corrected chi connectivity index (χ3v) is 6.57. The predicted octanol–water partition coefficient (Wildman–Crippen LogP) is 3.64. The molecule has 0 radical (unpaired) electrons. The number of nitrogens with one attached hydrogen (secondary N) is 1. The summed E-state index contributed by atoms with van der Waals surface area (Å²) in [5, 5.41) is 12.3. The van der Waals surface area contributed by atoms with E-state index < -0.39 is 0 Å². The van der Waals surface area contributed by atoms with Gasteiger partial charge in [0, 0.05) is 13.1 Å². The van der Waals surface area contributed by atoms with Crippen molar-refractivity contribution in [2.75, 3.05) is 18.8 Å². The molecule has 31 heavy (non-hydrogen) atoms. The van der Waals surface area contributed by atoms with Gasteiger partial charge < -0.3 is 9.88 Å². The number of hydrogen-bond acceptors (Lipinski definition) is 5. The van der Waals surface area contributed by atoms with Gasteiger partial charge in [0.2, 0.25) is 5.91 Å². The van der Waals surface area contributed by atoms with Crippen LogP contribution in [-0.4, -0.2) is 44.4 Å². The summed E-state index contributed by atoms with van der Waals surface area (Å²) in [5.74, 6) is 1.18. The first-order chi connectivity index (χ1) is 15.2. The van der Waals surface area contributed by atoms with E-state index in [1.165, 1.54) is 54.4 Å². The third kappa shape index (κ3) is 5.95. The number of carbonyl (C=O) groups is 1. The number of rotatable bonds is 9. The van der Waals surface area contributed by atoms with Crippen LogP contribution < -0.4 is 5.32 Å². The van der Waals surface area contributed by atoms with Crippen LogP contribution in [0, 0.1) is 6.92 Å². The van der Waals surface area contributed by atoms with Crippen molar-refractivity contribution in [2.45, 2.75) is 44.6 Å². The van der Waals surface area contributed by atoms with Crippen molar-refractivity contribution in [3.05, 3.63) is 77.1 Å². The van der Waals surface area contributed by atoms with Gasteiger partial charge in [-0.25, -0.2) is 0 Å². The van der Waals surface area contributed by atoms with Crippen LogP contribution in [0.15, 0.2) is 59.8 Å². The molecular formula is C24H29N5OS. The molecule has 1 amide bonds. The maximum absolute atomic E-state index is 12.5. The highest BCUT2D eigenvalue weighted by molar-refractivity contribution is 7.99. The Morgan fingerprint density at radius 3 is 2.45 bits per heavy atom. The number of benzene rings is 2. The minimum absolute atomic E-state index is 0.00731. The van der Waals surface area contributed by atoms with E-state index in [-0.39, 0.29) is 5.91 Å². The summed E-state index contributed by atoms with van der Waals surface area (Å²) in [7, 11) is 0. The van der Waals surface area contributed by atoms with Crippen LogP contribution >= 0.6 is 11.8 Å². The van der Waals surface area contributed by atoms with Crippen LogP contribution in [0.25, 0.3) is 0 Å². The molecule has 0 atom stereocenters. The number of nitrogens with zero attached hydrogens (tertiary/aromatic N) is 4. The maximum Gasteiger partial charge on any atom is 0.230 e. The molecule has 3 aromatic rings. The van der Waals surface area contributed by atoms with Gasteiger partial charge in [0.1, 0.15) is 5.82 Å². The van der Waals surface area contributed by atoms with Gasteiger partial charge >= 0.3 is 0 Å². The fourth-order valence-electron chi connectivity index (χ4n) is 3.86. The van der Waals surface area contributed by atoms with Crippen molar-refractivity contribution in [1.82, 2.24) is 25.0 Å². The number of thioether (sulfide) groups is 1. The number of hydrogen-bond donors (Lipinski definition) is 1. The number of amides is 1. The Balaban J connectivity index is 1.31. The van der Waals surface area contributed by atoms with Crippen LogP contribution in [0.4, 0.5) is 0 Å². The van der Waals surface area contributed by atoms with Crippen molar-refractivity contribution in [3.63, 3.8) is 0 Å². The molecule has 0 bridgehead atoms. The lowest BCUT2D eigenvalue weighted by Crippen LogP contribution is -2.26. The normalized spacial score (nSPS) is 14.1. The van der Waals surface area contributed by atoms with Crippen molar-refractivity contribution in [1.29, 1.82) is 0 Å². The Kier molecular flexibility index (Phi) is 7.38. The second kappa shape index (κ2) is 10.6. The average molecular weight is 436 g/mol. The first kappa shape index (κ1) is 21.6. The molecule has 2 heterocycles. The van der Waals surface area contributed by atoms with Crippen molar-refractivity contribution >= 4 is 17.7 Å². The molecule has 1 fully saturated rings. The number of aromatic nitrogens is 3. The Labute approximate surface area is 188 Å². The minimum atomic E-state index is 0.00731. The van der Waals surface area contributed by atoms with E-state index in [1.807, 2.05) is 31.2 Å². The average Bonchev–Trinajstić information content (AvgIpc) is 3.43. The molecule has 1 aliphatic heterocycles. The monoisotopic (exact) mass is 435 g/mol. The summed E-state index contributed by atoms with van der Waals surface area (Å²) >= 11 is 1.43. The number of carbonyl (C=O) groups excluding carboxylic acids is 1. The molecule has 0 saturated carbocycles. The molecule has 0 spiro atoms. The van der Waals surface area contributed by atoms with Gasteiger partial charge in [-0.3, -0.25) is 9.69 Å².